The summed E-state index contributed by atoms with van der Waals surface area (Å²) in [5.41, 5.74) is 1.20. The van der Waals surface area contributed by atoms with Crippen LogP contribution in [0.5, 0.6) is 0 Å². The van der Waals surface area contributed by atoms with Crippen LogP contribution in [0.2, 0.25) is 0 Å². The molecule has 1 fully saturated rings. The average molecular weight is 377 g/mol. The number of esters is 1. The summed E-state index contributed by atoms with van der Waals surface area (Å²) in [6, 6.07) is 2.04. The normalized spacial score (nSPS) is 19.2. The van der Waals surface area contributed by atoms with Gasteiger partial charge in [-0.15, -0.1) is 10.2 Å². The van der Waals surface area contributed by atoms with E-state index in [9.17, 15) is 9.59 Å². The molecule has 0 bridgehead atoms. The van der Waals surface area contributed by atoms with E-state index in [2.05, 4.69) is 49.8 Å². The summed E-state index contributed by atoms with van der Waals surface area (Å²) in [7, 11) is 3.44. The summed E-state index contributed by atoms with van der Waals surface area (Å²) in [6.45, 7) is 10.7. The SMILES string of the molecule is CCC(C)C1CN(C(=O)c2cc(CC(C)C)c(C(=O)OC)nn2)CCN1C. The number of ether oxygens (including phenoxy) is 1. The number of likely N-dealkylation sites (N-methyl/N-ethyl adjacent to an activating group) is 1. The predicted octanol–water partition coefficient (Wildman–Crippen LogP) is 2.26. The number of piperazine rings is 1. The van der Waals surface area contributed by atoms with Crippen molar-refractivity contribution in [3.8, 4) is 0 Å². The quantitative estimate of drug-likeness (QED) is 0.709. The van der Waals surface area contributed by atoms with E-state index in [0.717, 1.165) is 13.0 Å². The van der Waals surface area contributed by atoms with E-state index in [0.29, 0.717) is 48.6 Å². The van der Waals surface area contributed by atoms with E-state index in [-0.39, 0.29) is 11.6 Å². The van der Waals surface area contributed by atoms with E-state index < -0.39 is 5.97 Å². The van der Waals surface area contributed by atoms with Crippen LogP contribution < -0.4 is 0 Å². The van der Waals surface area contributed by atoms with Crippen LogP contribution in [0.4, 0.5) is 0 Å². The topological polar surface area (TPSA) is 75.6 Å². The maximum Gasteiger partial charge on any atom is 0.358 e. The van der Waals surface area contributed by atoms with Gasteiger partial charge in [0.05, 0.1) is 7.11 Å². The Morgan fingerprint density at radius 2 is 1.96 bits per heavy atom. The van der Waals surface area contributed by atoms with Crippen molar-refractivity contribution in [1.29, 1.82) is 0 Å². The summed E-state index contributed by atoms with van der Waals surface area (Å²) in [4.78, 5) is 29.2. The first-order valence-corrected chi connectivity index (χ1v) is 9.72. The largest absolute Gasteiger partial charge is 0.464 e. The number of carbonyl (C=O) groups is 2. The first-order chi connectivity index (χ1) is 12.8. The van der Waals surface area contributed by atoms with Gasteiger partial charge >= 0.3 is 5.97 Å². The van der Waals surface area contributed by atoms with Gasteiger partial charge in [0.1, 0.15) is 0 Å². The van der Waals surface area contributed by atoms with Gasteiger partial charge in [0, 0.05) is 25.7 Å². The molecule has 1 aromatic heterocycles. The molecule has 0 radical (unpaired) electrons. The number of hydrogen-bond acceptors (Lipinski definition) is 6. The van der Waals surface area contributed by atoms with Crippen molar-refractivity contribution in [3.05, 3.63) is 23.0 Å². The van der Waals surface area contributed by atoms with Crippen LogP contribution in [0.1, 0.15) is 60.7 Å². The van der Waals surface area contributed by atoms with Crippen molar-refractivity contribution >= 4 is 11.9 Å². The Balaban J connectivity index is 2.26. The van der Waals surface area contributed by atoms with Crippen LogP contribution in [0, 0.1) is 11.8 Å². The first kappa shape index (κ1) is 21.3. The standard InChI is InChI=1S/C20H32N4O3/c1-7-14(4)17-12-24(9-8-23(17)5)19(25)16-11-15(10-13(2)3)18(22-21-16)20(26)27-6/h11,13-14,17H,7-10,12H2,1-6H3. The zero-order chi connectivity index (χ0) is 20.1. The summed E-state index contributed by atoms with van der Waals surface area (Å²) in [5.74, 6) is 0.188. The lowest BCUT2D eigenvalue weighted by atomic mass is 9.95. The molecule has 7 heteroatoms. The third-order valence-corrected chi connectivity index (χ3v) is 5.38. The smallest absolute Gasteiger partial charge is 0.358 e. The molecule has 2 atom stereocenters. The number of amides is 1. The number of aromatic nitrogens is 2. The Bertz CT molecular complexity index is 673. The molecule has 1 saturated heterocycles. The average Bonchev–Trinajstić information content (AvgIpc) is 2.66. The van der Waals surface area contributed by atoms with Gasteiger partial charge in [0.2, 0.25) is 0 Å². The highest BCUT2D eigenvalue weighted by Gasteiger charge is 2.31. The fourth-order valence-electron chi connectivity index (χ4n) is 3.53. The minimum atomic E-state index is -0.520. The van der Waals surface area contributed by atoms with Crippen molar-refractivity contribution in [2.45, 2.75) is 46.6 Å². The minimum absolute atomic E-state index is 0.120. The van der Waals surface area contributed by atoms with E-state index >= 15 is 0 Å². The second-order valence-electron chi connectivity index (χ2n) is 7.88. The molecular weight excluding hydrogens is 344 g/mol. The molecule has 0 N–H and O–H groups in total. The van der Waals surface area contributed by atoms with Gasteiger partial charge in [-0.2, -0.15) is 0 Å². The second-order valence-corrected chi connectivity index (χ2v) is 7.88. The number of carbonyl (C=O) groups excluding carboxylic acids is 2. The Hall–Kier alpha value is -2.02. The van der Waals surface area contributed by atoms with Gasteiger partial charge in [0.15, 0.2) is 11.4 Å². The van der Waals surface area contributed by atoms with E-state index in [4.69, 9.17) is 4.74 Å². The van der Waals surface area contributed by atoms with Gasteiger partial charge in [-0.1, -0.05) is 34.1 Å². The summed E-state index contributed by atoms with van der Waals surface area (Å²) < 4.78 is 4.80. The van der Waals surface area contributed by atoms with Crippen LogP contribution >= 0.6 is 0 Å². The van der Waals surface area contributed by atoms with Crippen LogP contribution in [0.25, 0.3) is 0 Å². The van der Waals surface area contributed by atoms with Gasteiger partial charge < -0.3 is 9.64 Å². The molecule has 0 aromatic carbocycles. The van der Waals surface area contributed by atoms with Gasteiger partial charge in [-0.3, -0.25) is 9.69 Å². The number of methoxy groups -OCH3 is 1. The number of nitrogens with zero attached hydrogens (tertiary/aromatic N) is 4. The molecule has 150 valence electrons. The molecule has 2 unspecified atom stereocenters. The summed E-state index contributed by atoms with van der Waals surface area (Å²) in [5, 5.41) is 8.07. The highest BCUT2D eigenvalue weighted by atomic mass is 16.5. The zero-order valence-corrected chi connectivity index (χ0v) is 17.4. The molecule has 0 spiro atoms. The first-order valence-electron chi connectivity index (χ1n) is 9.72. The Morgan fingerprint density at radius 3 is 2.56 bits per heavy atom. The molecule has 1 amide bonds. The Kier molecular flexibility index (Phi) is 7.30. The van der Waals surface area contributed by atoms with Gasteiger partial charge in [-0.25, -0.2) is 4.79 Å². The second kappa shape index (κ2) is 9.26. The van der Waals surface area contributed by atoms with E-state index in [1.165, 1.54) is 7.11 Å². The number of hydrogen-bond donors (Lipinski definition) is 0. The Morgan fingerprint density at radius 1 is 1.26 bits per heavy atom. The maximum absolute atomic E-state index is 13.0. The van der Waals surface area contributed by atoms with Crippen molar-refractivity contribution < 1.29 is 14.3 Å². The lowest BCUT2D eigenvalue weighted by molar-refractivity contribution is 0.0434. The highest BCUT2D eigenvalue weighted by molar-refractivity contribution is 5.94. The van der Waals surface area contributed by atoms with Gasteiger partial charge in [-0.05, 0) is 36.9 Å². The molecule has 0 saturated carbocycles. The molecule has 2 rings (SSSR count). The van der Waals surface area contributed by atoms with E-state index in [1.807, 2.05) is 4.90 Å². The minimum Gasteiger partial charge on any atom is -0.464 e. The van der Waals surface area contributed by atoms with Crippen molar-refractivity contribution in [2.24, 2.45) is 11.8 Å². The molecule has 27 heavy (non-hydrogen) atoms. The lowest BCUT2D eigenvalue weighted by Gasteiger charge is -2.42. The number of rotatable bonds is 6. The predicted molar refractivity (Wildman–Crippen MR) is 104 cm³/mol. The van der Waals surface area contributed by atoms with Gasteiger partial charge in [0.25, 0.3) is 5.91 Å². The van der Waals surface area contributed by atoms with Crippen LogP contribution in [-0.4, -0.2) is 71.7 Å². The van der Waals surface area contributed by atoms with Crippen LogP contribution in [0.3, 0.4) is 0 Å². The monoisotopic (exact) mass is 376 g/mol. The van der Waals surface area contributed by atoms with Crippen LogP contribution in [-0.2, 0) is 11.2 Å². The highest BCUT2D eigenvalue weighted by Crippen LogP contribution is 2.20. The van der Waals surface area contributed by atoms with Crippen molar-refractivity contribution in [2.75, 3.05) is 33.8 Å². The maximum atomic E-state index is 13.0. The third kappa shape index (κ3) is 5.03. The fourth-order valence-corrected chi connectivity index (χ4v) is 3.53. The molecule has 0 aliphatic carbocycles. The fraction of sp³-hybridized carbons (Fsp3) is 0.700. The molecular formula is C20H32N4O3. The van der Waals surface area contributed by atoms with Crippen LogP contribution in [0.15, 0.2) is 6.07 Å². The Labute approximate surface area is 162 Å². The van der Waals surface area contributed by atoms with Crippen molar-refractivity contribution in [3.63, 3.8) is 0 Å². The van der Waals surface area contributed by atoms with E-state index in [1.54, 1.807) is 6.07 Å². The molecule has 1 aromatic rings. The summed E-state index contributed by atoms with van der Waals surface area (Å²) in [6.07, 6.45) is 1.71. The summed E-state index contributed by atoms with van der Waals surface area (Å²) >= 11 is 0. The zero-order valence-electron chi connectivity index (χ0n) is 17.4. The lowest BCUT2D eigenvalue weighted by Crippen LogP contribution is -2.55. The molecule has 1 aliphatic heterocycles. The molecule has 1 aliphatic rings. The molecule has 7 nitrogen and oxygen atoms in total. The van der Waals surface area contributed by atoms with Crippen molar-refractivity contribution in [1.82, 2.24) is 20.0 Å². The molecule has 2 heterocycles. The third-order valence-electron chi connectivity index (χ3n) is 5.38.